The van der Waals surface area contributed by atoms with E-state index in [2.05, 4.69) is 15.0 Å². The van der Waals surface area contributed by atoms with Crippen LogP contribution in [-0.2, 0) is 6.54 Å². The average molecular weight is 216 g/mol. The van der Waals surface area contributed by atoms with Gasteiger partial charge >= 0.3 is 0 Å². The minimum Gasteiger partial charge on any atom is -0.326 e. The Bertz CT molecular complexity index is 562. The molecular weight excluding hydrogens is 204 g/mol. The van der Waals surface area contributed by atoms with Gasteiger partial charge in [0, 0.05) is 24.0 Å². The second kappa shape index (κ2) is 4.24. The highest BCUT2D eigenvalue weighted by Gasteiger charge is 2.04. The number of nitrogens with zero attached hydrogens (tertiary/aromatic N) is 2. The summed E-state index contributed by atoms with van der Waals surface area (Å²) in [6.07, 6.45) is 1.48. The Morgan fingerprint density at radius 1 is 1.44 bits per heavy atom. The van der Waals surface area contributed by atoms with Gasteiger partial charge in [-0.15, -0.1) is 0 Å². The molecule has 2 aromatic heterocycles. The molecule has 0 saturated carbocycles. The van der Waals surface area contributed by atoms with Crippen LogP contribution in [-0.4, -0.2) is 15.0 Å². The van der Waals surface area contributed by atoms with E-state index in [-0.39, 0.29) is 12.1 Å². The second-order valence-corrected chi connectivity index (χ2v) is 3.45. The lowest BCUT2D eigenvalue weighted by Gasteiger charge is -2.01. The zero-order chi connectivity index (χ0) is 11.5. The van der Waals surface area contributed by atoms with Crippen molar-refractivity contribution in [3.8, 4) is 11.5 Å². The highest BCUT2D eigenvalue weighted by Crippen LogP contribution is 2.09. The van der Waals surface area contributed by atoms with E-state index in [1.807, 2.05) is 19.1 Å². The quantitative estimate of drug-likeness (QED) is 0.769. The summed E-state index contributed by atoms with van der Waals surface area (Å²) in [5, 5.41) is 0. The first-order valence-corrected chi connectivity index (χ1v) is 4.93. The van der Waals surface area contributed by atoms with Gasteiger partial charge in [-0.2, -0.15) is 0 Å². The van der Waals surface area contributed by atoms with Crippen LogP contribution in [0.3, 0.4) is 0 Å². The molecular formula is C11H12N4O. The van der Waals surface area contributed by atoms with Gasteiger partial charge in [-0.3, -0.25) is 4.79 Å². The van der Waals surface area contributed by atoms with Crippen LogP contribution in [0.1, 0.15) is 11.3 Å². The van der Waals surface area contributed by atoms with Gasteiger partial charge in [-0.1, -0.05) is 6.07 Å². The molecule has 2 aromatic rings. The molecule has 0 spiro atoms. The van der Waals surface area contributed by atoms with Crippen LogP contribution in [0.15, 0.2) is 29.2 Å². The lowest BCUT2D eigenvalue weighted by Crippen LogP contribution is -2.17. The Hall–Kier alpha value is -2.01. The molecule has 2 heterocycles. The van der Waals surface area contributed by atoms with Crippen molar-refractivity contribution < 1.29 is 0 Å². The number of nitrogens with two attached hydrogens (primary N) is 1. The Morgan fingerprint density at radius 3 is 2.88 bits per heavy atom. The van der Waals surface area contributed by atoms with E-state index in [0.29, 0.717) is 17.1 Å². The van der Waals surface area contributed by atoms with Gasteiger partial charge in [0.15, 0.2) is 5.82 Å². The van der Waals surface area contributed by atoms with Gasteiger partial charge in [0.2, 0.25) is 0 Å². The van der Waals surface area contributed by atoms with Crippen LogP contribution in [0.2, 0.25) is 0 Å². The summed E-state index contributed by atoms with van der Waals surface area (Å²) >= 11 is 0. The maximum Gasteiger partial charge on any atom is 0.255 e. The fourth-order valence-electron chi connectivity index (χ4n) is 1.37. The summed E-state index contributed by atoms with van der Waals surface area (Å²) in [6.45, 7) is 2.07. The monoisotopic (exact) mass is 216 g/mol. The van der Waals surface area contributed by atoms with Gasteiger partial charge in [-0.05, 0) is 19.1 Å². The molecule has 0 saturated heterocycles. The van der Waals surface area contributed by atoms with Crippen LogP contribution >= 0.6 is 0 Å². The summed E-state index contributed by atoms with van der Waals surface area (Å²) in [4.78, 5) is 22.6. The smallest absolute Gasteiger partial charge is 0.255 e. The molecule has 0 aromatic carbocycles. The number of rotatable bonds is 2. The number of hydrogen-bond acceptors (Lipinski definition) is 4. The largest absolute Gasteiger partial charge is 0.326 e. The fraction of sp³-hybridized carbons (Fsp3) is 0.182. The molecule has 16 heavy (non-hydrogen) atoms. The normalized spacial score (nSPS) is 10.4. The predicted molar refractivity (Wildman–Crippen MR) is 60.7 cm³/mol. The summed E-state index contributed by atoms with van der Waals surface area (Å²) in [5.74, 6) is 0.464. The number of aryl methyl sites for hydroxylation is 1. The van der Waals surface area contributed by atoms with Crippen LogP contribution in [0, 0.1) is 6.92 Å². The predicted octanol–water partition coefficient (Wildman–Crippen LogP) is 0.599. The van der Waals surface area contributed by atoms with E-state index >= 15 is 0 Å². The van der Waals surface area contributed by atoms with Crippen molar-refractivity contribution in [2.75, 3.05) is 0 Å². The highest BCUT2D eigenvalue weighted by atomic mass is 16.1. The van der Waals surface area contributed by atoms with Gasteiger partial charge in [0.1, 0.15) is 5.69 Å². The first-order chi connectivity index (χ1) is 7.70. The number of hydrogen-bond donors (Lipinski definition) is 2. The van der Waals surface area contributed by atoms with Crippen molar-refractivity contribution in [1.29, 1.82) is 0 Å². The van der Waals surface area contributed by atoms with Crippen molar-refractivity contribution in [2.24, 2.45) is 5.73 Å². The maximum atomic E-state index is 11.5. The lowest BCUT2D eigenvalue weighted by atomic mass is 10.3. The molecule has 82 valence electrons. The van der Waals surface area contributed by atoms with E-state index in [9.17, 15) is 4.79 Å². The van der Waals surface area contributed by atoms with Gasteiger partial charge in [0.05, 0.1) is 0 Å². The molecule has 5 nitrogen and oxygen atoms in total. The Morgan fingerprint density at radius 2 is 2.25 bits per heavy atom. The molecule has 3 N–H and O–H groups in total. The van der Waals surface area contributed by atoms with Crippen LogP contribution in [0.5, 0.6) is 0 Å². The van der Waals surface area contributed by atoms with E-state index < -0.39 is 0 Å². The first-order valence-electron chi connectivity index (χ1n) is 4.93. The molecule has 0 aliphatic carbocycles. The summed E-state index contributed by atoms with van der Waals surface area (Å²) < 4.78 is 0. The van der Waals surface area contributed by atoms with E-state index in [0.717, 1.165) is 5.69 Å². The minimum absolute atomic E-state index is 0.184. The molecule has 0 radical (unpaired) electrons. The maximum absolute atomic E-state index is 11.5. The zero-order valence-corrected chi connectivity index (χ0v) is 8.90. The van der Waals surface area contributed by atoms with Gasteiger partial charge in [-0.25, -0.2) is 9.97 Å². The molecule has 0 aliphatic rings. The minimum atomic E-state index is -0.212. The van der Waals surface area contributed by atoms with E-state index in [4.69, 9.17) is 5.73 Å². The highest BCUT2D eigenvalue weighted by molar-refractivity contribution is 5.48. The first kappa shape index (κ1) is 10.5. The van der Waals surface area contributed by atoms with E-state index in [1.165, 1.54) is 6.20 Å². The molecule has 0 fully saturated rings. The molecule has 2 rings (SSSR count). The summed E-state index contributed by atoms with van der Waals surface area (Å²) in [6, 6.07) is 5.55. The van der Waals surface area contributed by atoms with Crippen molar-refractivity contribution in [2.45, 2.75) is 13.5 Å². The second-order valence-electron chi connectivity index (χ2n) is 3.45. The van der Waals surface area contributed by atoms with Crippen molar-refractivity contribution in [1.82, 2.24) is 15.0 Å². The third-order valence-electron chi connectivity index (χ3n) is 2.22. The standard InChI is InChI=1S/C11H12N4O/c1-7-3-2-4-9(14-7)10-13-6-8(5-12)11(16)15-10/h2-4,6H,5,12H2,1H3,(H,13,15,16). The molecule has 0 amide bonds. The van der Waals surface area contributed by atoms with Crippen LogP contribution in [0.4, 0.5) is 0 Å². The Labute approximate surface area is 92.4 Å². The number of H-pyrrole nitrogens is 1. The third-order valence-corrected chi connectivity index (χ3v) is 2.22. The van der Waals surface area contributed by atoms with E-state index in [1.54, 1.807) is 6.07 Å². The van der Waals surface area contributed by atoms with Gasteiger partial charge < -0.3 is 10.7 Å². The van der Waals surface area contributed by atoms with Crippen molar-refractivity contribution in [3.05, 3.63) is 46.0 Å². The molecule has 0 atom stereocenters. The zero-order valence-electron chi connectivity index (χ0n) is 8.90. The summed E-state index contributed by atoms with van der Waals surface area (Å²) in [7, 11) is 0. The SMILES string of the molecule is Cc1cccc(-c2ncc(CN)c(=O)[nH]2)n1. The molecule has 0 bridgehead atoms. The Balaban J connectivity index is 2.49. The Kier molecular flexibility index (Phi) is 2.78. The topological polar surface area (TPSA) is 84.7 Å². The number of nitrogens with one attached hydrogen (secondary N) is 1. The number of aromatic amines is 1. The van der Waals surface area contributed by atoms with Gasteiger partial charge in [0.25, 0.3) is 5.56 Å². The van der Waals surface area contributed by atoms with Crippen molar-refractivity contribution in [3.63, 3.8) is 0 Å². The summed E-state index contributed by atoms with van der Waals surface area (Å²) in [5.41, 5.74) is 7.18. The van der Waals surface area contributed by atoms with Crippen molar-refractivity contribution >= 4 is 0 Å². The van der Waals surface area contributed by atoms with Crippen LogP contribution in [0.25, 0.3) is 11.5 Å². The fourth-order valence-corrected chi connectivity index (χ4v) is 1.37. The number of pyridine rings is 1. The van der Waals surface area contributed by atoms with Crippen LogP contribution < -0.4 is 11.3 Å². The average Bonchev–Trinajstić information content (AvgIpc) is 2.29. The lowest BCUT2D eigenvalue weighted by molar-refractivity contribution is 0.972. The molecule has 0 unspecified atom stereocenters. The third kappa shape index (κ3) is 1.99. The molecule has 0 aliphatic heterocycles. The number of aromatic nitrogens is 3. The molecule has 5 heteroatoms.